The fourth-order valence-electron chi connectivity index (χ4n) is 3.83. The molecule has 1 heterocycles. The van der Waals surface area contributed by atoms with Gasteiger partial charge < -0.3 is 9.47 Å². The quantitative estimate of drug-likeness (QED) is 0.374. The average Bonchev–Trinajstić information content (AvgIpc) is 2.88. The standard InChI is InChI=1S/C29H34N2O4/c1-4-34-28(32)27(18-22-12-14-24(15-13-22)25-11-8-16-30-19-25)31-26(17-21(2)3)29(33)35-20-23-9-6-5-7-10-23/h5-16,19,21,26-27,31H,4,17-18,20H2,1-3H3/t26-,27-/m0/s1. The number of aromatic nitrogens is 1. The topological polar surface area (TPSA) is 77.5 Å². The molecule has 6 nitrogen and oxygen atoms in total. The van der Waals surface area contributed by atoms with E-state index < -0.39 is 12.1 Å². The molecule has 0 amide bonds. The molecule has 0 aliphatic rings. The first-order valence-corrected chi connectivity index (χ1v) is 12.1. The molecule has 0 bridgehead atoms. The number of nitrogens with zero attached hydrogens (tertiary/aromatic N) is 1. The van der Waals surface area contributed by atoms with Crippen LogP contribution in [0.2, 0.25) is 0 Å². The largest absolute Gasteiger partial charge is 0.465 e. The number of carbonyl (C=O) groups excluding carboxylic acids is 2. The third-order valence-corrected chi connectivity index (χ3v) is 5.58. The van der Waals surface area contributed by atoms with E-state index in [1.54, 1.807) is 13.1 Å². The molecule has 0 unspecified atom stereocenters. The number of benzene rings is 2. The van der Waals surface area contributed by atoms with Crippen molar-refractivity contribution in [3.63, 3.8) is 0 Å². The van der Waals surface area contributed by atoms with E-state index in [-0.39, 0.29) is 31.1 Å². The Morgan fingerprint density at radius 2 is 1.54 bits per heavy atom. The van der Waals surface area contributed by atoms with Crippen LogP contribution in [0.25, 0.3) is 11.1 Å². The van der Waals surface area contributed by atoms with Crippen LogP contribution in [0.3, 0.4) is 0 Å². The van der Waals surface area contributed by atoms with Gasteiger partial charge in [-0.15, -0.1) is 0 Å². The van der Waals surface area contributed by atoms with E-state index in [0.29, 0.717) is 12.8 Å². The zero-order valence-corrected chi connectivity index (χ0v) is 20.6. The van der Waals surface area contributed by atoms with Crippen molar-refractivity contribution in [2.45, 2.75) is 52.3 Å². The molecule has 0 saturated heterocycles. The number of rotatable bonds is 12. The van der Waals surface area contributed by atoms with Gasteiger partial charge in [-0.1, -0.05) is 74.5 Å². The molecule has 1 N–H and O–H groups in total. The second-order valence-corrected chi connectivity index (χ2v) is 8.89. The maximum atomic E-state index is 13.0. The zero-order chi connectivity index (χ0) is 25.0. The highest BCUT2D eigenvalue weighted by atomic mass is 16.5. The summed E-state index contributed by atoms with van der Waals surface area (Å²) in [5.74, 6) is -0.518. The summed E-state index contributed by atoms with van der Waals surface area (Å²) in [5.41, 5.74) is 3.95. The Kier molecular flexibility index (Phi) is 9.99. The highest BCUT2D eigenvalue weighted by Crippen LogP contribution is 2.19. The minimum Gasteiger partial charge on any atom is -0.465 e. The van der Waals surface area contributed by atoms with Gasteiger partial charge in [-0.3, -0.25) is 19.9 Å². The zero-order valence-electron chi connectivity index (χ0n) is 20.6. The van der Waals surface area contributed by atoms with Crippen LogP contribution in [0.15, 0.2) is 79.1 Å². The minimum absolute atomic E-state index is 0.190. The summed E-state index contributed by atoms with van der Waals surface area (Å²) in [6.45, 7) is 6.31. The maximum absolute atomic E-state index is 13.0. The van der Waals surface area contributed by atoms with Gasteiger partial charge in [0, 0.05) is 12.4 Å². The summed E-state index contributed by atoms with van der Waals surface area (Å²) in [5, 5.41) is 3.24. The summed E-state index contributed by atoms with van der Waals surface area (Å²) in [4.78, 5) is 30.0. The van der Waals surface area contributed by atoms with Crippen LogP contribution in [-0.4, -0.2) is 35.6 Å². The van der Waals surface area contributed by atoms with E-state index >= 15 is 0 Å². The molecule has 0 radical (unpaired) electrons. The molecule has 1 aromatic heterocycles. The number of ether oxygens (including phenoxy) is 2. The van der Waals surface area contributed by atoms with E-state index in [4.69, 9.17) is 9.47 Å². The van der Waals surface area contributed by atoms with Gasteiger partial charge in [0.2, 0.25) is 0 Å². The lowest BCUT2D eigenvalue weighted by Crippen LogP contribution is -2.50. The van der Waals surface area contributed by atoms with Crippen molar-refractivity contribution in [3.05, 3.63) is 90.3 Å². The predicted molar refractivity (Wildman–Crippen MR) is 136 cm³/mol. The number of nitrogens with one attached hydrogen (secondary N) is 1. The van der Waals surface area contributed by atoms with Crippen LogP contribution in [0.5, 0.6) is 0 Å². The molecule has 184 valence electrons. The molecule has 3 rings (SSSR count). The predicted octanol–water partition coefficient (Wildman–Crippen LogP) is 4.97. The lowest BCUT2D eigenvalue weighted by atomic mass is 9.99. The second-order valence-electron chi connectivity index (χ2n) is 8.89. The van der Waals surface area contributed by atoms with Crippen LogP contribution >= 0.6 is 0 Å². The Hall–Kier alpha value is -3.51. The van der Waals surface area contributed by atoms with Crippen LogP contribution in [0.4, 0.5) is 0 Å². The first-order valence-electron chi connectivity index (χ1n) is 12.1. The molecule has 3 aromatic rings. The number of hydrogen-bond acceptors (Lipinski definition) is 6. The van der Waals surface area contributed by atoms with Gasteiger partial charge in [0.15, 0.2) is 0 Å². The fraction of sp³-hybridized carbons (Fsp3) is 0.345. The number of hydrogen-bond donors (Lipinski definition) is 1. The van der Waals surface area contributed by atoms with Crippen molar-refractivity contribution in [3.8, 4) is 11.1 Å². The van der Waals surface area contributed by atoms with Gasteiger partial charge in [-0.05, 0) is 54.0 Å². The average molecular weight is 475 g/mol. The van der Waals surface area contributed by atoms with Gasteiger partial charge in [0.25, 0.3) is 0 Å². The Balaban J connectivity index is 1.72. The Morgan fingerprint density at radius 1 is 0.829 bits per heavy atom. The van der Waals surface area contributed by atoms with E-state index in [0.717, 1.165) is 22.3 Å². The molecule has 0 fully saturated rings. The molecule has 2 atom stereocenters. The highest BCUT2D eigenvalue weighted by Gasteiger charge is 2.29. The van der Waals surface area contributed by atoms with Crippen LogP contribution in [-0.2, 0) is 32.1 Å². The molecular weight excluding hydrogens is 440 g/mol. The summed E-state index contributed by atoms with van der Waals surface area (Å²) in [6, 6.07) is 20.1. The summed E-state index contributed by atoms with van der Waals surface area (Å²) < 4.78 is 10.9. The SMILES string of the molecule is CCOC(=O)[C@H](Cc1ccc(-c2cccnc2)cc1)N[C@@H](CC(C)C)C(=O)OCc1ccccc1. The van der Waals surface area contributed by atoms with E-state index in [2.05, 4.69) is 10.3 Å². The molecule has 0 spiro atoms. The first kappa shape index (κ1) is 26.1. The van der Waals surface area contributed by atoms with Crippen LogP contribution in [0, 0.1) is 5.92 Å². The third-order valence-electron chi connectivity index (χ3n) is 5.58. The normalized spacial score (nSPS) is 12.7. The first-order chi connectivity index (χ1) is 17.0. The van der Waals surface area contributed by atoms with Gasteiger partial charge in [-0.2, -0.15) is 0 Å². The van der Waals surface area contributed by atoms with Gasteiger partial charge in [0.05, 0.1) is 6.61 Å². The fourth-order valence-corrected chi connectivity index (χ4v) is 3.83. The van der Waals surface area contributed by atoms with E-state index in [9.17, 15) is 9.59 Å². The van der Waals surface area contributed by atoms with Crippen molar-refractivity contribution >= 4 is 11.9 Å². The molecule has 0 saturated carbocycles. The molecule has 0 aliphatic heterocycles. The van der Waals surface area contributed by atoms with E-state index in [1.165, 1.54) is 0 Å². The summed E-state index contributed by atoms with van der Waals surface area (Å²) in [7, 11) is 0. The molecule has 0 aliphatic carbocycles. The summed E-state index contributed by atoms with van der Waals surface area (Å²) >= 11 is 0. The molecule has 35 heavy (non-hydrogen) atoms. The summed E-state index contributed by atoms with van der Waals surface area (Å²) in [6.07, 6.45) is 4.50. The van der Waals surface area contributed by atoms with Crippen molar-refractivity contribution in [2.24, 2.45) is 5.92 Å². The van der Waals surface area contributed by atoms with Crippen molar-refractivity contribution in [2.75, 3.05) is 6.61 Å². The van der Waals surface area contributed by atoms with Gasteiger partial charge in [-0.25, -0.2) is 0 Å². The lowest BCUT2D eigenvalue weighted by molar-refractivity contribution is -0.150. The number of pyridine rings is 1. The number of carbonyl (C=O) groups is 2. The molecule has 6 heteroatoms. The van der Waals surface area contributed by atoms with Gasteiger partial charge in [0.1, 0.15) is 18.7 Å². The molecule has 2 aromatic carbocycles. The highest BCUT2D eigenvalue weighted by molar-refractivity contribution is 5.80. The second kappa shape index (κ2) is 13.4. The van der Waals surface area contributed by atoms with Crippen molar-refractivity contribution in [1.29, 1.82) is 0 Å². The third kappa shape index (κ3) is 8.34. The monoisotopic (exact) mass is 474 g/mol. The van der Waals surface area contributed by atoms with Crippen LogP contribution < -0.4 is 5.32 Å². The Morgan fingerprint density at radius 3 is 2.17 bits per heavy atom. The smallest absolute Gasteiger partial charge is 0.323 e. The maximum Gasteiger partial charge on any atom is 0.323 e. The van der Waals surface area contributed by atoms with Gasteiger partial charge >= 0.3 is 11.9 Å². The lowest BCUT2D eigenvalue weighted by Gasteiger charge is -2.25. The minimum atomic E-state index is -0.674. The Labute approximate surface area is 207 Å². The Bertz CT molecular complexity index is 1050. The van der Waals surface area contributed by atoms with Crippen molar-refractivity contribution in [1.82, 2.24) is 10.3 Å². The molecular formula is C29H34N2O4. The van der Waals surface area contributed by atoms with E-state index in [1.807, 2.05) is 86.8 Å². The number of esters is 2. The van der Waals surface area contributed by atoms with Crippen molar-refractivity contribution < 1.29 is 19.1 Å². The van der Waals surface area contributed by atoms with Crippen LogP contribution in [0.1, 0.15) is 38.3 Å².